The Morgan fingerprint density at radius 3 is 2.00 bits per heavy atom. The van der Waals surface area contributed by atoms with E-state index in [-0.39, 0.29) is 18.8 Å². The van der Waals surface area contributed by atoms with Crippen molar-refractivity contribution in [3.05, 3.63) is 24.3 Å². The van der Waals surface area contributed by atoms with Crippen LogP contribution in [0.1, 0.15) is 0 Å². The molecule has 0 saturated carbocycles. The molecule has 1 heterocycles. The topological polar surface area (TPSA) is 43.6 Å². The third-order valence-electron chi connectivity index (χ3n) is 2.92. The summed E-state index contributed by atoms with van der Waals surface area (Å²) in [5, 5.41) is 3.55. The molecule has 0 aromatic heterocycles. The number of nitrogens with zero attached hydrogens (tertiary/aromatic N) is 2. The molecule has 11 heteroatoms. The van der Waals surface area contributed by atoms with Gasteiger partial charge in [-0.1, -0.05) is 0 Å². The number of carbonyl (C=O) groups excluding carboxylic acids is 1. The van der Waals surface area contributed by atoms with Gasteiger partial charge in [0.15, 0.2) is 0 Å². The molecule has 0 unspecified atom stereocenters. The quantitative estimate of drug-likeness (QED) is 0.785. The normalized spacial score (nSPS) is 16.5. The Bertz CT molecular complexity index is 586. The van der Waals surface area contributed by atoms with Crippen LogP contribution < -0.4 is 15.0 Å². The molecule has 1 fully saturated rings. The smallest absolute Gasteiger partial charge is 0.428 e. The molecule has 1 aromatic carbocycles. The van der Waals surface area contributed by atoms with Crippen LogP contribution in [-0.4, -0.2) is 37.3 Å². The van der Waals surface area contributed by atoms with E-state index in [9.17, 15) is 35.5 Å². The zero-order chi connectivity index (χ0) is 17.5. The molecule has 1 radical (unpaired) electrons. The molecule has 2 amide bonds. The van der Waals surface area contributed by atoms with Gasteiger partial charge in [-0.05, 0) is 24.3 Å². The average molecular weight is 345 g/mol. The van der Waals surface area contributed by atoms with E-state index in [0.29, 0.717) is 0 Å². The average Bonchev–Trinajstić information content (AvgIpc) is 2.84. The third kappa shape index (κ3) is 3.13. The van der Waals surface area contributed by atoms with Crippen LogP contribution in [-0.2, 0) is 0 Å². The van der Waals surface area contributed by atoms with Gasteiger partial charge in [0.05, 0.1) is 6.54 Å². The van der Waals surface area contributed by atoms with Gasteiger partial charge < -0.3 is 4.74 Å². The van der Waals surface area contributed by atoms with Crippen LogP contribution in [0.15, 0.2) is 24.3 Å². The van der Waals surface area contributed by atoms with Crippen molar-refractivity contribution in [1.29, 1.82) is 0 Å². The summed E-state index contributed by atoms with van der Waals surface area (Å²) in [4.78, 5) is 12.5. The van der Waals surface area contributed by atoms with Crippen LogP contribution >= 0.6 is 0 Å². The van der Waals surface area contributed by atoms with E-state index in [1.165, 1.54) is 4.90 Å². The minimum absolute atomic E-state index is 0.217. The summed E-state index contributed by atoms with van der Waals surface area (Å²) in [5.41, 5.74) is 0.217. The molecule has 2 rings (SSSR count). The number of anilines is 1. The molecular weight excluding hydrogens is 337 g/mol. The SMILES string of the molecule is O=C1[N]CCN1c1ccc(OC(F)(F)C(F)(F)C(F)(F)F)cc1. The minimum atomic E-state index is -6.47. The fraction of sp³-hybridized carbons (Fsp3) is 0.417. The second-order valence-electron chi connectivity index (χ2n) is 4.50. The molecular formula is C12H8F7N2O2. The van der Waals surface area contributed by atoms with Crippen molar-refractivity contribution in [1.82, 2.24) is 5.32 Å². The molecule has 0 bridgehead atoms. The molecule has 0 spiro atoms. The van der Waals surface area contributed by atoms with E-state index in [1.54, 1.807) is 0 Å². The van der Waals surface area contributed by atoms with Crippen LogP contribution in [0, 0.1) is 0 Å². The first-order valence-corrected chi connectivity index (χ1v) is 6.06. The van der Waals surface area contributed by atoms with Gasteiger partial charge >= 0.3 is 24.2 Å². The number of amides is 2. The Labute approximate surface area is 124 Å². The first kappa shape index (κ1) is 17.2. The van der Waals surface area contributed by atoms with E-state index >= 15 is 0 Å². The molecule has 1 aliphatic heterocycles. The number of urea groups is 1. The van der Waals surface area contributed by atoms with Crippen molar-refractivity contribution in [3.8, 4) is 5.75 Å². The fourth-order valence-electron chi connectivity index (χ4n) is 1.74. The lowest BCUT2D eigenvalue weighted by molar-refractivity contribution is -0.402. The number of alkyl halides is 7. The highest BCUT2D eigenvalue weighted by atomic mass is 19.4. The van der Waals surface area contributed by atoms with Gasteiger partial charge in [-0.2, -0.15) is 30.7 Å². The fourth-order valence-corrected chi connectivity index (χ4v) is 1.74. The zero-order valence-electron chi connectivity index (χ0n) is 11.1. The molecule has 127 valence electrons. The highest BCUT2D eigenvalue weighted by Gasteiger charge is 2.75. The lowest BCUT2D eigenvalue weighted by Crippen LogP contribution is -2.55. The van der Waals surface area contributed by atoms with Crippen molar-refractivity contribution in [2.75, 3.05) is 18.0 Å². The second kappa shape index (κ2) is 5.46. The van der Waals surface area contributed by atoms with Crippen LogP contribution in [0.2, 0.25) is 0 Å². The first-order valence-electron chi connectivity index (χ1n) is 6.06. The summed E-state index contributed by atoms with van der Waals surface area (Å²) in [6.45, 7) is 0.467. The van der Waals surface area contributed by atoms with Gasteiger partial charge in [0, 0.05) is 12.2 Å². The Morgan fingerprint density at radius 1 is 1.00 bits per heavy atom. The highest BCUT2D eigenvalue weighted by Crippen LogP contribution is 2.47. The van der Waals surface area contributed by atoms with E-state index in [2.05, 4.69) is 10.1 Å². The largest absolute Gasteiger partial charge is 0.474 e. The Kier molecular flexibility index (Phi) is 4.07. The van der Waals surface area contributed by atoms with Crippen molar-refractivity contribution in [2.24, 2.45) is 0 Å². The minimum Gasteiger partial charge on any atom is -0.428 e. The summed E-state index contributed by atoms with van der Waals surface area (Å²) < 4.78 is 91.0. The predicted molar refractivity (Wildman–Crippen MR) is 62.8 cm³/mol. The summed E-state index contributed by atoms with van der Waals surface area (Å²) in [5.74, 6) is -7.27. The molecule has 0 atom stereocenters. The van der Waals surface area contributed by atoms with E-state index < -0.39 is 30.0 Å². The maximum absolute atomic E-state index is 13.1. The van der Waals surface area contributed by atoms with Crippen molar-refractivity contribution >= 4 is 11.7 Å². The van der Waals surface area contributed by atoms with Crippen LogP contribution in [0.25, 0.3) is 0 Å². The van der Waals surface area contributed by atoms with Gasteiger partial charge in [0.1, 0.15) is 5.75 Å². The van der Waals surface area contributed by atoms with E-state index in [1.807, 2.05) is 0 Å². The molecule has 23 heavy (non-hydrogen) atoms. The van der Waals surface area contributed by atoms with Gasteiger partial charge in [0.2, 0.25) is 0 Å². The van der Waals surface area contributed by atoms with Crippen LogP contribution in [0.4, 0.5) is 41.2 Å². The molecule has 0 aliphatic carbocycles. The number of halogens is 7. The summed E-state index contributed by atoms with van der Waals surface area (Å²) >= 11 is 0. The maximum Gasteiger partial charge on any atom is 0.474 e. The maximum atomic E-state index is 13.1. The monoisotopic (exact) mass is 345 g/mol. The number of carbonyl (C=O) groups is 1. The van der Waals surface area contributed by atoms with Gasteiger partial charge in [-0.25, -0.2) is 10.1 Å². The van der Waals surface area contributed by atoms with E-state index in [0.717, 1.165) is 24.3 Å². The number of benzene rings is 1. The molecule has 1 aromatic rings. The standard InChI is InChI=1S/C12H8F7N2O2/c13-10(14,11(15,16)17)12(18,19)23-8-3-1-7(2-4-8)21-6-5-20-9(21)22/h1-4H,5-6H2. The van der Waals surface area contributed by atoms with Crippen LogP contribution in [0.3, 0.4) is 0 Å². The zero-order valence-corrected chi connectivity index (χ0v) is 11.1. The Balaban J connectivity index is 2.16. The molecule has 4 nitrogen and oxygen atoms in total. The molecule has 1 aliphatic rings. The summed E-state index contributed by atoms with van der Waals surface area (Å²) in [6, 6.07) is 3.06. The van der Waals surface area contributed by atoms with Gasteiger partial charge in [-0.3, -0.25) is 4.90 Å². The number of hydrogen-bond acceptors (Lipinski definition) is 2. The van der Waals surface area contributed by atoms with Gasteiger partial charge in [0.25, 0.3) is 0 Å². The van der Waals surface area contributed by atoms with Crippen molar-refractivity contribution in [3.63, 3.8) is 0 Å². The lowest BCUT2D eigenvalue weighted by Gasteiger charge is -2.27. The lowest BCUT2D eigenvalue weighted by atomic mass is 10.2. The number of hydrogen-bond donors (Lipinski definition) is 0. The first-order chi connectivity index (χ1) is 10.5. The third-order valence-corrected chi connectivity index (χ3v) is 2.92. The Hall–Kier alpha value is -2.20. The molecule has 0 N–H and O–H groups in total. The van der Waals surface area contributed by atoms with E-state index in [4.69, 9.17) is 0 Å². The molecule has 1 saturated heterocycles. The Morgan fingerprint density at radius 2 is 1.57 bits per heavy atom. The van der Waals surface area contributed by atoms with Crippen LogP contribution in [0.5, 0.6) is 5.75 Å². The predicted octanol–water partition coefficient (Wildman–Crippen LogP) is 3.40. The van der Waals surface area contributed by atoms with Crippen molar-refractivity contribution in [2.45, 2.75) is 18.2 Å². The second-order valence-corrected chi connectivity index (χ2v) is 4.50. The number of ether oxygens (including phenoxy) is 1. The number of rotatable bonds is 4. The van der Waals surface area contributed by atoms with Gasteiger partial charge in [-0.15, -0.1) is 0 Å². The summed E-state index contributed by atoms with van der Waals surface area (Å²) in [7, 11) is 0. The highest BCUT2D eigenvalue weighted by molar-refractivity contribution is 5.93. The van der Waals surface area contributed by atoms with Crippen molar-refractivity contribution < 1.29 is 40.3 Å². The summed E-state index contributed by atoms with van der Waals surface area (Å²) in [6.07, 6.45) is -12.3.